The van der Waals surface area contributed by atoms with E-state index in [1.807, 2.05) is 22.9 Å². The van der Waals surface area contributed by atoms with E-state index < -0.39 is 0 Å². The van der Waals surface area contributed by atoms with Crippen LogP contribution in [0.2, 0.25) is 0 Å². The van der Waals surface area contributed by atoms with Crippen LogP contribution in [-0.4, -0.2) is 44.1 Å². The molecule has 0 radical (unpaired) electrons. The predicted octanol–water partition coefficient (Wildman–Crippen LogP) is 2.77. The molecule has 0 spiro atoms. The first-order chi connectivity index (χ1) is 11.1. The molecule has 0 N–H and O–H groups in total. The van der Waals surface area contributed by atoms with E-state index >= 15 is 0 Å². The van der Waals surface area contributed by atoms with Gasteiger partial charge in [0.05, 0.1) is 6.54 Å². The Balaban J connectivity index is 1.71. The Bertz CT molecular complexity index is 650. The Morgan fingerprint density at radius 1 is 1.26 bits per heavy atom. The van der Waals surface area contributed by atoms with Crippen molar-refractivity contribution < 1.29 is 4.79 Å². The van der Waals surface area contributed by atoms with Gasteiger partial charge in [-0.1, -0.05) is 36.8 Å². The van der Waals surface area contributed by atoms with Crippen molar-refractivity contribution in [1.82, 2.24) is 19.7 Å². The van der Waals surface area contributed by atoms with Crippen LogP contribution in [0.1, 0.15) is 49.3 Å². The largest absolute Gasteiger partial charge is 0.296 e. The molecule has 1 aromatic heterocycles. The summed E-state index contributed by atoms with van der Waals surface area (Å²) in [4.78, 5) is 19.1. The molecule has 2 aromatic rings. The Morgan fingerprint density at radius 2 is 2.04 bits per heavy atom. The van der Waals surface area contributed by atoms with Crippen LogP contribution in [0.15, 0.2) is 36.7 Å². The lowest BCUT2D eigenvalue weighted by Crippen LogP contribution is -2.46. The van der Waals surface area contributed by atoms with E-state index in [-0.39, 0.29) is 11.6 Å². The summed E-state index contributed by atoms with van der Waals surface area (Å²) in [5.74, 6) is 0.164. The van der Waals surface area contributed by atoms with Gasteiger partial charge >= 0.3 is 0 Å². The molecule has 3 rings (SSSR count). The van der Waals surface area contributed by atoms with E-state index in [1.54, 1.807) is 18.5 Å². The van der Waals surface area contributed by atoms with Crippen LogP contribution in [0.4, 0.5) is 0 Å². The molecular weight excluding hydrogens is 288 g/mol. The molecule has 1 atom stereocenters. The zero-order valence-corrected chi connectivity index (χ0v) is 13.9. The lowest BCUT2D eigenvalue weighted by molar-refractivity contribution is 0.0957. The quantitative estimate of drug-likeness (QED) is 0.797. The van der Waals surface area contributed by atoms with Gasteiger partial charge in [0.2, 0.25) is 11.6 Å². The molecule has 0 amide bonds. The molecule has 1 unspecified atom stereocenters. The average Bonchev–Trinajstić information content (AvgIpc) is 3.04. The molecule has 122 valence electrons. The van der Waals surface area contributed by atoms with Crippen molar-refractivity contribution in [2.24, 2.45) is 0 Å². The zero-order valence-electron chi connectivity index (χ0n) is 13.9. The van der Waals surface area contributed by atoms with Gasteiger partial charge in [-0.25, -0.2) is 4.98 Å². The summed E-state index contributed by atoms with van der Waals surface area (Å²) >= 11 is 0. The zero-order chi connectivity index (χ0) is 16.2. The number of carbonyl (C=O) groups is 1. The first-order valence-electron chi connectivity index (χ1n) is 8.40. The number of ketones is 1. The van der Waals surface area contributed by atoms with Gasteiger partial charge in [0.25, 0.3) is 0 Å². The fraction of sp³-hybridized carbons (Fsp3) is 0.500. The number of nitrogens with zero attached hydrogens (tertiary/aromatic N) is 4. The fourth-order valence-electron chi connectivity index (χ4n) is 3.32. The van der Waals surface area contributed by atoms with Crippen molar-refractivity contribution in [3.05, 3.63) is 48.0 Å². The van der Waals surface area contributed by atoms with Crippen molar-refractivity contribution in [2.45, 2.75) is 51.7 Å². The maximum absolute atomic E-state index is 12.4. The third-order valence-electron chi connectivity index (χ3n) is 4.51. The molecular formula is C18H24N4O. The number of aromatic nitrogens is 3. The molecule has 1 saturated heterocycles. The van der Waals surface area contributed by atoms with Crippen LogP contribution in [-0.2, 0) is 6.54 Å². The van der Waals surface area contributed by atoms with Crippen LogP contribution in [0, 0.1) is 0 Å². The molecule has 0 aliphatic carbocycles. The molecule has 1 fully saturated rings. The molecule has 0 bridgehead atoms. The molecule has 1 aliphatic heterocycles. The number of hydrogen-bond acceptors (Lipinski definition) is 4. The maximum atomic E-state index is 12.4. The Hall–Kier alpha value is -2.01. The molecule has 2 heterocycles. The minimum absolute atomic E-state index is 0.117. The first-order valence-corrected chi connectivity index (χ1v) is 8.40. The van der Waals surface area contributed by atoms with Gasteiger partial charge in [-0.3, -0.25) is 14.4 Å². The second-order valence-electron chi connectivity index (χ2n) is 6.47. The van der Waals surface area contributed by atoms with Gasteiger partial charge < -0.3 is 0 Å². The van der Waals surface area contributed by atoms with Crippen LogP contribution < -0.4 is 0 Å². The van der Waals surface area contributed by atoms with E-state index in [1.165, 1.54) is 19.3 Å². The van der Waals surface area contributed by atoms with Crippen molar-refractivity contribution in [3.8, 4) is 0 Å². The van der Waals surface area contributed by atoms with Crippen molar-refractivity contribution in [1.29, 1.82) is 0 Å². The van der Waals surface area contributed by atoms with Crippen LogP contribution >= 0.6 is 0 Å². The molecule has 0 saturated carbocycles. The summed E-state index contributed by atoms with van der Waals surface area (Å²) in [6, 6.07) is 10.2. The highest BCUT2D eigenvalue weighted by Crippen LogP contribution is 2.20. The topological polar surface area (TPSA) is 51.0 Å². The Labute approximate surface area is 137 Å². The summed E-state index contributed by atoms with van der Waals surface area (Å²) in [6.07, 6.45) is 5.39. The number of benzene rings is 1. The minimum Gasteiger partial charge on any atom is -0.296 e. The number of rotatable bonds is 5. The minimum atomic E-state index is -0.117. The number of likely N-dealkylation sites (tertiary alicyclic amines) is 1. The summed E-state index contributed by atoms with van der Waals surface area (Å²) in [6.45, 7) is 6.42. The van der Waals surface area contributed by atoms with E-state index in [0.29, 0.717) is 17.6 Å². The smallest absolute Gasteiger partial charge is 0.232 e. The fourth-order valence-corrected chi connectivity index (χ4v) is 3.32. The summed E-state index contributed by atoms with van der Waals surface area (Å²) in [7, 11) is 0. The first kappa shape index (κ1) is 15.9. The van der Waals surface area contributed by atoms with E-state index in [9.17, 15) is 4.79 Å². The predicted molar refractivity (Wildman–Crippen MR) is 89.4 cm³/mol. The Kier molecular flexibility index (Phi) is 4.86. The summed E-state index contributed by atoms with van der Waals surface area (Å²) in [5.41, 5.74) is 0.631. The van der Waals surface area contributed by atoms with Gasteiger partial charge in [0.15, 0.2) is 0 Å². The second-order valence-corrected chi connectivity index (χ2v) is 6.47. The molecule has 1 aliphatic rings. The highest BCUT2D eigenvalue weighted by Gasteiger charge is 2.25. The van der Waals surface area contributed by atoms with E-state index in [4.69, 9.17) is 0 Å². The number of hydrogen-bond donors (Lipinski definition) is 0. The lowest BCUT2D eigenvalue weighted by atomic mass is 10.0. The molecule has 23 heavy (non-hydrogen) atoms. The molecule has 5 heteroatoms. The molecule has 5 nitrogen and oxygen atoms in total. The van der Waals surface area contributed by atoms with Gasteiger partial charge in [-0.05, 0) is 33.2 Å². The van der Waals surface area contributed by atoms with Crippen LogP contribution in [0.3, 0.4) is 0 Å². The van der Waals surface area contributed by atoms with Crippen LogP contribution in [0.5, 0.6) is 0 Å². The normalized spacial score (nSPS) is 19.2. The SMILES string of the molecule is CC(C)N1CCCCC1Cn1cnc(C(=O)c2ccccc2)n1. The third-order valence-corrected chi connectivity index (χ3v) is 4.51. The van der Waals surface area contributed by atoms with Gasteiger partial charge in [0, 0.05) is 17.6 Å². The van der Waals surface area contributed by atoms with E-state index in [0.717, 1.165) is 13.1 Å². The van der Waals surface area contributed by atoms with Crippen molar-refractivity contribution in [3.63, 3.8) is 0 Å². The standard InChI is InChI=1S/C18H24N4O/c1-14(2)22-11-7-6-10-16(22)12-21-13-19-18(20-21)17(23)15-8-4-3-5-9-15/h3-5,8-9,13-14,16H,6-7,10-12H2,1-2H3. The monoisotopic (exact) mass is 312 g/mol. The van der Waals surface area contributed by atoms with Crippen LogP contribution in [0.25, 0.3) is 0 Å². The second kappa shape index (κ2) is 7.04. The summed E-state index contributed by atoms with van der Waals surface area (Å²) < 4.78 is 1.82. The molecule has 1 aromatic carbocycles. The van der Waals surface area contributed by atoms with Gasteiger partial charge in [-0.2, -0.15) is 0 Å². The Morgan fingerprint density at radius 3 is 2.78 bits per heavy atom. The lowest BCUT2D eigenvalue weighted by Gasteiger charge is -2.38. The maximum Gasteiger partial charge on any atom is 0.232 e. The van der Waals surface area contributed by atoms with Crippen molar-refractivity contribution >= 4 is 5.78 Å². The highest BCUT2D eigenvalue weighted by molar-refractivity contribution is 6.06. The number of piperidine rings is 1. The summed E-state index contributed by atoms with van der Waals surface area (Å²) in [5, 5.41) is 4.40. The van der Waals surface area contributed by atoms with E-state index in [2.05, 4.69) is 28.8 Å². The third kappa shape index (κ3) is 3.67. The highest BCUT2D eigenvalue weighted by atomic mass is 16.1. The average molecular weight is 312 g/mol. The van der Waals surface area contributed by atoms with Gasteiger partial charge in [0.1, 0.15) is 6.33 Å². The van der Waals surface area contributed by atoms with Crippen molar-refractivity contribution in [2.75, 3.05) is 6.54 Å². The number of carbonyl (C=O) groups excluding carboxylic acids is 1. The van der Waals surface area contributed by atoms with Gasteiger partial charge in [-0.15, -0.1) is 5.10 Å².